The second-order valence-corrected chi connectivity index (χ2v) is 5.76. The van der Waals surface area contributed by atoms with Gasteiger partial charge in [0.25, 0.3) is 0 Å². The van der Waals surface area contributed by atoms with Crippen molar-refractivity contribution in [1.29, 1.82) is 0 Å². The predicted molar refractivity (Wildman–Crippen MR) is 68.6 cm³/mol. The molecule has 0 aromatic rings. The Hall–Kier alpha value is -0.610. The van der Waals surface area contributed by atoms with Crippen LogP contribution in [0.1, 0.15) is 32.6 Å². The van der Waals surface area contributed by atoms with Crippen molar-refractivity contribution in [1.82, 2.24) is 9.80 Å². The molecule has 1 saturated heterocycles. The lowest BCUT2D eigenvalue weighted by Gasteiger charge is -2.38. The molecule has 4 heteroatoms. The summed E-state index contributed by atoms with van der Waals surface area (Å²) in [5.41, 5.74) is 6.03. The van der Waals surface area contributed by atoms with Gasteiger partial charge in [-0.05, 0) is 32.7 Å². The monoisotopic (exact) mass is 239 g/mol. The van der Waals surface area contributed by atoms with Gasteiger partial charge < -0.3 is 15.5 Å². The van der Waals surface area contributed by atoms with Gasteiger partial charge in [-0.25, -0.2) is 0 Å². The van der Waals surface area contributed by atoms with Gasteiger partial charge in [0.1, 0.15) is 0 Å². The molecule has 1 saturated carbocycles. The molecule has 98 valence electrons. The molecule has 2 N–H and O–H groups in total. The zero-order valence-electron chi connectivity index (χ0n) is 11.1. The predicted octanol–water partition coefficient (Wildman–Crippen LogP) is 0.666. The maximum atomic E-state index is 12.3. The van der Waals surface area contributed by atoms with Gasteiger partial charge in [-0.2, -0.15) is 0 Å². The van der Waals surface area contributed by atoms with Crippen LogP contribution in [0.2, 0.25) is 0 Å². The van der Waals surface area contributed by atoms with Gasteiger partial charge in [0.2, 0.25) is 5.91 Å². The number of hydrogen-bond acceptors (Lipinski definition) is 3. The Balaban J connectivity index is 1.87. The molecule has 3 atom stereocenters. The molecule has 2 fully saturated rings. The molecule has 0 radical (unpaired) electrons. The average Bonchev–Trinajstić information content (AvgIpc) is 2.64. The van der Waals surface area contributed by atoms with E-state index in [1.165, 1.54) is 6.42 Å². The van der Waals surface area contributed by atoms with Crippen LogP contribution >= 0.6 is 0 Å². The third-order valence-electron chi connectivity index (χ3n) is 4.31. The van der Waals surface area contributed by atoms with Crippen molar-refractivity contribution in [3.63, 3.8) is 0 Å². The van der Waals surface area contributed by atoms with Crippen LogP contribution in [0.15, 0.2) is 0 Å². The molecule has 2 aliphatic rings. The highest BCUT2D eigenvalue weighted by Gasteiger charge is 2.31. The van der Waals surface area contributed by atoms with Gasteiger partial charge in [0.05, 0.1) is 0 Å². The van der Waals surface area contributed by atoms with Crippen molar-refractivity contribution < 1.29 is 4.79 Å². The van der Waals surface area contributed by atoms with Gasteiger partial charge in [-0.1, -0.05) is 6.42 Å². The summed E-state index contributed by atoms with van der Waals surface area (Å²) in [5, 5.41) is 0. The number of nitrogens with zero attached hydrogens (tertiary/aromatic N) is 2. The summed E-state index contributed by atoms with van der Waals surface area (Å²) < 4.78 is 0. The molecular weight excluding hydrogens is 214 g/mol. The van der Waals surface area contributed by atoms with E-state index in [9.17, 15) is 4.79 Å². The lowest BCUT2D eigenvalue weighted by Crippen LogP contribution is -2.53. The fourth-order valence-electron chi connectivity index (χ4n) is 3.17. The second kappa shape index (κ2) is 5.36. The molecule has 0 bridgehead atoms. The maximum absolute atomic E-state index is 12.3. The second-order valence-electron chi connectivity index (χ2n) is 5.76. The molecule has 0 aromatic carbocycles. The molecule has 1 unspecified atom stereocenters. The minimum Gasteiger partial charge on any atom is -0.337 e. The molecular formula is C13H25N3O. The first-order chi connectivity index (χ1) is 8.08. The van der Waals surface area contributed by atoms with E-state index in [0.29, 0.717) is 24.3 Å². The first-order valence-electron chi connectivity index (χ1n) is 6.81. The fourth-order valence-corrected chi connectivity index (χ4v) is 3.17. The van der Waals surface area contributed by atoms with Crippen molar-refractivity contribution in [3.8, 4) is 0 Å². The van der Waals surface area contributed by atoms with Crippen molar-refractivity contribution in [2.45, 2.75) is 44.7 Å². The fraction of sp³-hybridized carbons (Fsp3) is 0.923. The highest BCUT2D eigenvalue weighted by molar-refractivity contribution is 5.77. The smallest absolute Gasteiger partial charge is 0.223 e. The number of nitrogens with two attached hydrogens (primary N) is 1. The number of hydrogen-bond donors (Lipinski definition) is 1. The van der Waals surface area contributed by atoms with E-state index in [0.717, 1.165) is 32.5 Å². The molecule has 1 aliphatic carbocycles. The average molecular weight is 239 g/mol. The summed E-state index contributed by atoms with van der Waals surface area (Å²) in [6, 6.07) is 0.598. The lowest BCUT2D eigenvalue weighted by molar-refractivity contribution is -0.136. The normalized spacial score (nSPS) is 35.2. The van der Waals surface area contributed by atoms with Crippen LogP contribution in [-0.4, -0.2) is 54.5 Å². The Morgan fingerprint density at radius 1 is 1.35 bits per heavy atom. The number of piperazine rings is 1. The Labute approximate surface area is 104 Å². The summed E-state index contributed by atoms with van der Waals surface area (Å²) in [6.07, 6.45) is 4.08. The Kier molecular flexibility index (Phi) is 4.05. The Bertz CT molecular complexity index is 282. The highest BCUT2D eigenvalue weighted by atomic mass is 16.2. The zero-order valence-corrected chi connectivity index (χ0v) is 11.1. The maximum Gasteiger partial charge on any atom is 0.223 e. The van der Waals surface area contributed by atoms with Gasteiger partial charge in [0, 0.05) is 38.1 Å². The summed E-state index contributed by atoms with van der Waals surface area (Å²) in [5.74, 6) is 0.738. The van der Waals surface area contributed by atoms with Gasteiger partial charge in [0.15, 0.2) is 0 Å². The minimum absolute atomic E-state index is 0.252. The topological polar surface area (TPSA) is 49.6 Å². The molecule has 1 amide bonds. The molecule has 2 rings (SSSR count). The summed E-state index contributed by atoms with van der Waals surface area (Å²) >= 11 is 0. The molecule has 1 heterocycles. The Morgan fingerprint density at radius 3 is 2.71 bits per heavy atom. The van der Waals surface area contributed by atoms with Crippen molar-refractivity contribution >= 4 is 5.91 Å². The standard InChI is InChI=1S/C13H25N3O/c1-10-9-15(2)6-7-16(10)13(17)8-11-4-3-5-12(11)14/h10-12H,3-9,14H2,1-2H3/t10?,11-,12+/m0/s1. The number of likely N-dealkylation sites (N-methyl/N-ethyl adjacent to an activating group) is 1. The van der Waals surface area contributed by atoms with E-state index in [1.54, 1.807) is 0 Å². The first-order valence-corrected chi connectivity index (χ1v) is 6.81. The van der Waals surface area contributed by atoms with Crippen LogP contribution in [-0.2, 0) is 4.79 Å². The molecule has 0 spiro atoms. The number of amides is 1. The van der Waals surface area contributed by atoms with E-state index in [1.807, 2.05) is 4.90 Å². The van der Waals surface area contributed by atoms with Gasteiger partial charge in [-0.3, -0.25) is 4.79 Å². The number of rotatable bonds is 2. The zero-order chi connectivity index (χ0) is 12.4. The van der Waals surface area contributed by atoms with Crippen molar-refractivity contribution in [2.75, 3.05) is 26.7 Å². The Morgan fingerprint density at radius 2 is 2.12 bits per heavy atom. The van der Waals surface area contributed by atoms with Crippen LogP contribution in [0.4, 0.5) is 0 Å². The molecule has 0 aromatic heterocycles. The van der Waals surface area contributed by atoms with Crippen LogP contribution in [0.5, 0.6) is 0 Å². The van der Waals surface area contributed by atoms with Crippen molar-refractivity contribution in [3.05, 3.63) is 0 Å². The van der Waals surface area contributed by atoms with E-state index in [2.05, 4.69) is 18.9 Å². The summed E-state index contributed by atoms with van der Waals surface area (Å²) in [4.78, 5) is 16.6. The quantitative estimate of drug-likeness (QED) is 0.770. The lowest BCUT2D eigenvalue weighted by atomic mass is 9.98. The van der Waals surface area contributed by atoms with E-state index >= 15 is 0 Å². The molecule has 4 nitrogen and oxygen atoms in total. The third-order valence-corrected chi connectivity index (χ3v) is 4.31. The largest absolute Gasteiger partial charge is 0.337 e. The van der Waals surface area contributed by atoms with Crippen LogP contribution < -0.4 is 5.73 Å². The third kappa shape index (κ3) is 2.99. The summed E-state index contributed by atoms with van der Waals surface area (Å²) in [7, 11) is 2.12. The van der Waals surface area contributed by atoms with Gasteiger partial charge >= 0.3 is 0 Å². The SMILES string of the molecule is CC1CN(C)CCN1C(=O)C[C@@H]1CCC[C@H]1N. The molecule has 1 aliphatic heterocycles. The van der Waals surface area contributed by atoms with Crippen LogP contribution in [0.3, 0.4) is 0 Å². The van der Waals surface area contributed by atoms with E-state index < -0.39 is 0 Å². The van der Waals surface area contributed by atoms with Crippen molar-refractivity contribution in [2.24, 2.45) is 11.7 Å². The summed E-state index contributed by atoms with van der Waals surface area (Å²) in [6.45, 7) is 5.00. The van der Waals surface area contributed by atoms with Gasteiger partial charge in [-0.15, -0.1) is 0 Å². The van der Waals surface area contributed by atoms with E-state index in [-0.39, 0.29) is 6.04 Å². The van der Waals surface area contributed by atoms with E-state index in [4.69, 9.17) is 5.73 Å². The van der Waals surface area contributed by atoms with Crippen LogP contribution in [0.25, 0.3) is 0 Å². The number of carbonyl (C=O) groups excluding carboxylic acids is 1. The molecule has 17 heavy (non-hydrogen) atoms. The highest BCUT2D eigenvalue weighted by Crippen LogP contribution is 2.27. The number of carbonyl (C=O) groups is 1. The first kappa shape index (κ1) is 12.8. The van der Waals surface area contributed by atoms with Crippen LogP contribution in [0, 0.1) is 5.92 Å². The minimum atomic E-state index is 0.252.